The van der Waals surface area contributed by atoms with Crippen molar-refractivity contribution in [3.8, 4) is 0 Å². The Kier molecular flexibility index (Phi) is 5.88. The van der Waals surface area contributed by atoms with Crippen LogP contribution in [0.15, 0.2) is 0 Å². The molecule has 1 fully saturated rings. The van der Waals surface area contributed by atoms with E-state index in [0.29, 0.717) is 0 Å². The van der Waals surface area contributed by atoms with Crippen molar-refractivity contribution in [2.24, 2.45) is 5.92 Å². The lowest BCUT2D eigenvalue weighted by Gasteiger charge is -2.08. The average molecular weight is 187 g/mol. The Morgan fingerprint density at radius 1 is 1.25 bits per heavy atom. The van der Waals surface area contributed by atoms with Crippen LogP contribution >= 0.6 is 11.8 Å². The summed E-state index contributed by atoms with van der Waals surface area (Å²) in [5, 5.41) is 3.49. The minimum Gasteiger partial charge on any atom is -0.316 e. The molecule has 0 amide bonds. The van der Waals surface area contributed by atoms with Crippen molar-refractivity contribution >= 4 is 11.8 Å². The van der Waals surface area contributed by atoms with Gasteiger partial charge in [0.2, 0.25) is 0 Å². The Labute approximate surface area is 80.7 Å². The van der Waals surface area contributed by atoms with Gasteiger partial charge in [-0.1, -0.05) is 25.7 Å². The van der Waals surface area contributed by atoms with E-state index >= 15 is 0 Å². The van der Waals surface area contributed by atoms with Crippen LogP contribution in [0.2, 0.25) is 0 Å². The highest BCUT2D eigenvalue weighted by Gasteiger charge is 2.13. The second kappa shape index (κ2) is 6.79. The van der Waals surface area contributed by atoms with Gasteiger partial charge in [-0.2, -0.15) is 11.8 Å². The first-order valence-electron chi connectivity index (χ1n) is 5.13. The lowest BCUT2D eigenvalue weighted by molar-refractivity contribution is 0.483. The van der Waals surface area contributed by atoms with Gasteiger partial charge in [0.15, 0.2) is 0 Å². The highest BCUT2D eigenvalue weighted by molar-refractivity contribution is 7.98. The second-order valence-electron chi connectivity index (χ2n) is 3.68. The molecule has 1 aliphatic rings. The molecule has 1 N–H and O–H groups in total. The normalized spacial score (nSPS) is 18.8. The van der Waals surface area contributed by atoms with Gasteiger partial charge in [0.25, 0.3) is 0 Å². The highest BCUT2D eigenvalue weighted by atomic mass is 32.2. The Bertz CT molecular complexity index is 100. The van der Waals surface area contributed by atoms with Gasteiger partial charge in [-0.15, -0.1) is 0 Å². The number of hydrogen-bond donors (Lipinski definition) is 1. The van der Waals surface area contributed by atoms with Crippen molar-refractivity contribution in [1.29, 1.82) is 0 Å². The van der Waals surface area contributed by atoms with Crippen LogP contribution in [0, 0.1) is 5.92 Å². The van der Waals surface area contributed by atoms with Crippen LogP contribution in [-0.4, -0.2) is 25.1 Å². The van der Waals surface area contributed by atoms with E-state index in [1.54, 1.807) is 0 Å². The van der Waals surface area contributed by atoms with Crippen molar-refractivity contribution in [1.82, 2.24) is 5.32 Å². The van der Waals surface area contributed by atoms with Crippen molar-refractivity contribution in [3.05, 3.63) is 0 Å². The van der Waals surface area contributed by atoms with Crippen LogP contribution in [0.1, 0.15) is 32.1 Å². The summed E-state index contributed by atoms with van der Waals surface area (Å²) in [6.07, 6.45) is 9.52. The summed E-state index contributed by atoms with van der Waals surface area (Å²) in [5.41, 5.74) is 0. The molecule has 0 radical (unpaired) electrons. The van der Waals surface area contributed by atoms with Gasteiger partial charge < -0.3 is 5.32 Å². The highest BCUT2D eigenvalue weighted by Crippen LogP contribution is 2.26. The first-order chi connectivity index (χ1) is 5.93. The monoisotopic (exact) mass is 187 g/mol. The molecule has 1 saturated carbocycles. The third-order valence-corrected chi connectivity index (χ3v) is 3.30. The van der Waals surface area contributed by atoms with Crippen LogP contribution in [0.25, 0.3) is 0 Å². The average Bonchev–Trinajstić information content (AvgIpc) is 2.57. The van der Waals surface area contributed by atoms with E-state index in [9.17, 15) is 0 Å². The van der Waals surface area contributed by atoms with Crippen molar-refractivity contribution in [2.75, 3.05) is 25.1 Å². The fourth-order valence-corrected chi connectivity index (χ4v) is 2.25. The zero-order chi connectivity index (χ0) is 8.65. The maximum atomic E-state index is 3.49. The molecule has 0 aromatic heterocycles. The minimum atomic E-state index is 1.05. The van der Waals surface area contributed by atoms with E-state index in [4.69, 9.17) is 0 Å². The smallest absolute Gasteiger partial charge is 0.00553 e. The fourth-order valence-electron chi connectivity index (χ4n) is 1.90. The molecule has 0 unspecified atom stereocenters. The van der Waals surface area contributed by atoms with Crippen LogP contribution < -0.4 is 5.32 Å². The molecule has 0 bridgehead atoms. The van der Waals surface area contributed by atoms with Crippen molar-refractivity contribution < 1.29 is 0 Å². The summed E-state index contributed by atoms with van der Waals surface area (Å²) < 4.78 is 0. The zero-order valence-electron chi connectivity index (χ0n) is 8.14. The summed E-state index contributed by atoms with van der Waals surface area (Å²) in [7, 11) is 0. The third kappa shape index (κ3) is 4.36. The molecule has 1 nitrogen and oxygen atoms in total. The van der Waals surface area contributed by atoms with Crippen LogP contribution in [0.3, 0.4) is 0 Å². The molecule has 0 atom stereocenters. The van der Waals surface area contributed by atoms with Gasteiger partial charge in [-0.25, -0.2) is 0 Å². The molecule has 72 valence electrons. The summed E-state index contributed by atoms with van der Waals surface area (Å²) in [6, 6.07) is 0. The third-order valence-electron chi connectivity index (χ3n) is 2.69. The van der Waals surface area contributed by atoms with Crippen LogP contribution in [-0.2, 0) is 0 Å². The Morgan fingerprint density at radius 2 is 2.00 bits per heavy atom. The van der Waals surface area contributed by atoms with Gasteiger partial charge in [-0.05, 0) is 25.1 Å². The maximum absolute atomic E-state index is 3.49. The summed E-state index contributed by atoms with van der Waals surface area (Å²) in [5.74, 6) is 2.30. The molecule has 1 aliphatic carbocycles. The largest absolute Gasteiger partial charge is 0.316 e. The maximum Gasteiger partial charge on any atom is 0.00553 e. The van der Waals surface area contributed by atoms with E-state index in [1.165, 1.54) is 50.9 Å². The second-order valence-corrected chi connectivity index (χ2v) is 4.67. The standard InChI is InChI=1S/C10H21NS/c1-12-9-8-11-7-6-10-4-2-3-5-10/h10-11H,2-9H2,1H3. The molecule has 0 spiro atoms. The molecule has 0 heterocycles. The van der Waals surface area contributed by atoms with Gasteiger partial charge in [-0.3, -0.25) is 0 Å². The number of hydrogen-bond acceptors (Lipinski definition) is 2. The van der Waals surface area contributed by atoms with E-state index in [2.05, 4.69) is 11.6 Å². The van der Waals surface area contributed by atoms with Gasteiger partial charge >= 0.3 is 0 Å². The molecule has 0 aliphatic heterocycles. The quantitative estimate of drug-likeness (QED) is 0.641. The topological polar surface area (TPSA) is 12.0 Å². The lowest BCUT2D eigenvalue weighted by Crippen LogP contribution is -2.20. The number of nitrogens with one attached hydrogen (secondary N) is 1. The van der Waals surface area contributed by atoms with Gasteiger partial charge in [0.05, 0.1) is 0 Å². The van der Waals surface area contributed by atoms with Crippen LogP contribution in [0.5, 0.6) is 0 Å². The zero-order valence-corrected chi connectivity index (χ0v) is 8.96. The predicted molar refractivity (Wildman–Crippen MR) is 57.8 cm³/mol. The lowest BCUT2D eigenvalue weighted by atomic mass is 10.0. The molecule has 2 heteroatoms. The number of thioether (sulfide) groups is 1. The molecule has 1 rings (SSSR count). The van der Waals surface area contributed by atoms with Gasteiger partial charge in [0, 0.05) is 12.3 Å². The molecule has 0 aromatic rings. The van der Waals surface area contributed by atoms with E-state index in [0.717, 1.165) is 5.92 Å². The fraction of sp³-hybridized carbons (Fsp3) is 1.00. The molecular weight excluding hydrogens is 166 g/mol. The molecule has 0 saturated heterocycles. The minimum absolute atomic E-state index is 1.05. The van der Waals surface area contributed by atoms with E-state index in [1.807, 2.05) is 11.8 Å². The number of rotatable bonds is 6. The summed E-state index contributed by atoms with van der Waals surface area (Å²) in [4.78, 5) is 0. The predicted octanol–water partition coefficient (Wildman–Crippen LogP) is 2.52. The Morgan fingerprint density at radius 3 is 2.67 bits per heavy atom. The van der Waals surface area contributed by atoms with E-state index < -0.39 is 0 Å². The molecular formula is C10H21NS. The summed E-state index contributed by atoms with van der Waals surface area (Å²) in [6.45, 7) is 2.43. The van der Waals surface area contributed by atoms with E-state index in [-0.39, 0.29) is 0 Å². The van der Waals surface area contributed by atoms with Gasteiger partial charge in [0.1, 0.15) is 0 Å². The van der Waals surface area contributed by atoms with Crippen LogP contribution in [0.4, 0.5) is 0 Å². The Balaban J connectivity index is 1.81. The SMILES string of the molecule is CSCCNCCC1CCCC1. The van der Waals surface area contributed by atoms with Crippen molar-refractivity contribution in [3.63, 3.8) is 0 Å². The Hall–Kier alpha value is 0.310. The first-order valence-corrected chi connectivity index (χ1v) is 6.52. The first kappa shape index (κ1) is 10.4. The summed E-state index contributed by atoms with van der Waals surface area (Å²) >= 11 is 1.92. The molecule has 0 aromatic carbocycles. The molecule has 12 heavy (non-hydrogen) atoms. The van der Waals surface area contributed by atoms with Crippen molar-refractivity contribution in [2.45, 2.75) is 32.1 Å².